The molecule has 0 fully saturated rings. The van der Waals surface area contributed by atoms with Crippen molar-refractivity contribution in [2.75, 3.05) is 0 Å². The minimum Gasteiger partial charge on any atom is -0.219 e. The fourth-order valence-electron chi connectivity index (χ4n) is 2.99. The zero-order valence-electron chi connectivity index (χ0n) is 14.0. The third-order valence-corrected chi connectivity index (χ3v) is 10.4. The Bertz CT molecular complexity index is 1100. The molecule has 4 aromatic rings. The van der Waals surface area contributed by atoms with E-state index in [2.05, 4.69) is 0 Å². The largest absolute Gasteiger partial charge is 0.219 e. The molecule has 2 nitrogen and oxygen atoms in total. The molecule has 0 aromatic heterocycles. The highest BCUT2D eigenvalue weighted by Gasteiger charge is 2.30. The molecule has 0 unspecified atom stereocenters. The van der Waals surface area contributed by atoms with Gasteiger partial charge in [0.05, 0.1) is 12.0 Å². The van der Waals surface area contributed by atoms with Gasteiger partial charge in [0.1, 0.15) is 0 Å². The molecule has 4 rings (SSSR count). The molecule has 26 heavy (non-hydrogen) atoms. The third kappa shape index (κ3) is 3.16. The minimum atomic E-state index is -3.53. The molecule has 0 atom stereocenters. The Balaban J connectivity index is 1.91. The van der Waals surface area contributed by atoms with Gasteiger partial charge in [0.25, 0.3) is 0 Å². The van der Waals surface area contributed by atoms with Crippen LogP contribution in [0.3, 0.4) is 0 Å². The number of hydrogen-bond donors (Lipinski definition) is 0. The summed E-state index contributed by atoms with van der Waals surface area (Å²) < 4.78 is 27.2. The summed E-state index contributed by atoms with van der Waals surface area (Å²) in [6, 6.07) is 32.2. The van der Waals surface area contributed by atoms with Crippen molar-refractivity contribution in [3.63, 3.8) is 0 Å². The summed E-state index contributed by atoms with van der Waals surface area (Å²) in [5, 5.41) is 3.64. The van der Waals surface area contributed by atoms with Gasteiger partial charge in [-0.05, 0) is 33.5 Å². The van der Waals surface area contributed by atoms with Gasteiger partial charge in [-0.25, -0.2) is 8.42 Å². The molecule has 0 spiro atoms. The average molecular weight is 376 g/mol. The highest BCUT2D eigenvalue weighted by atomic mass is 32.8. The van der Waals surface area contributed by atoms with E-state index >= 15 is 0 Å². The van der Waals surface area contributed by atoms with Crippen LogP contribution in [0, 0.1) is 0 Å². The predicted molar refractivity (Wildman–Crippen MR) is 110 cm³/mol. The zero-order valence-corrected chi connectivity index (χ0v) is 15.7. The second kappa shape index (κ2) is 7.03. The number of benzene rings is 4. The first kappa shape index (κ1) is 17.0. The maximum absolute atomic E-state index is 13.6. The molecular weight excluding hydrogens is 359 g/mol. The lowest BCUT2D eigenvalue weighted by Crippen LogP contribution is -2.18. The molecule has 128 valence electrons. The minimum absolute atomic E-state index is 0.370. The van der Waals surface area contributed by atoms with Gasteiger partial charge in [-0.2, -0.15) is 0 Å². The van der Waals surface area contributed by atoms with Gasteiger partial charge in [-0.3, -0.25) is 0 Å². The SMILES string of the molecule is O=S(=O)(c1ccc2ccccc2c1)P(c1ccccc1)c1ccccc1. The van der Waals surface area contributed by atoms with Crippen molar-refractivity contribution < 1.29 is 8.42 Å². The molecule has 0 bridgehead atoms. The Morgan fingerprint density at radius 1 is 0.538 bits per heavy atom. The van der Waals surface area contributed by atoms with E-state index in [0.717, 1.165) is 21.4 Å². The Morgan fingerprint density at radius 3 is 1.62 bits per heavy atom. The van der Waals surface area contributed by atoms with Crippen LogP contribution in [0.15, 0.2) is 108 Å². The lowest BCUT2D eigenvalue weighted by atomic mass is 10.1. The number of hydrogen-bond acceptors (Lipinski definition) is 2. The van der Waals surface area contributed by atoms with Crippen molar-refractivity contribution in [1.82, 2.24) is 0 Å². The standard InChI is InChI=1S/C22H17O2PS/c23-26(24,22-16-15-18-9-7-8-10-19(18)17-22)25(20-11-3-1-4-12-20)21-13-5-2-6-14-21/h1-17H. The van der Waals surface area contributed by atoms with Crippen molar-refractivity contribution in [3.05, 3.63) is 103 Å². The van der Waals surface area contributed by atoms with Gasteiger partial charge in [-0.1, -0.05) is 91.0 Å². The monoisotopic (exact) mass is 376 g/mol. The molecule has 0 N–H and O–H groups in total. The topological polar surface area (TPSA) is 34.1 Å². The molecule has 0 amide bonds. The van der Waals surface area contributed by atoms with Crippen LogP contribution in [0.4, 0.5) is 0 Å². The van der Waals surface area contributed by atoms with Crippen LogP contribution in [-0.4, -0.2) is 8.42 Å². The molecule has 0 radical (unpaired) electrons. The second-order valence-corrected chi connectivity index (χ2v) is 11.5. The quantitative estimate of drug-likeness (QED) is 0.486. The van der Waals surface area contributed by atoms with E-state index in [4.69, 9.17) is 0 Å². The van der Waals surface area contributed by atoms with Crippen LogP contribution < -0.4 is 10.6 Å². The fraction of sp³-hybridized carbons (Fsp3) is 0. The molecule has 0 heterocycles. The van der Waals surface area contributed by atoms with E-state index in [1.807, 2.05) is 91.0 Å². The van der Waals surface area contributed by atoms with Crippen molar-refractivity contribution >= 4 is 38.0 Å². The first-order valence-corrected chi connectivity index (χ1v) is 11.7. The zero-order chi connectivity index (χ0) is 18.0. The summed E-state index contributed by atoms with van der Waals surface area (Å²) in [4.78, 5) is 0.370. The smallest absolute Gasteiger partial charge is 0.203 e. The molecule has 0 aliphatic carbocycles. The van der Waals surface area contributed by atoms with E-state index in [-0.39, 0.29) is 0 Å². The first-order chi connectivity index (χ1) is 12.7. The normalized spacial score (nSPS) is 11.7. The number of rotatable bonds is 4. The predicted octanol–water partition coefficient (Wildman–Crippen LogP) is 4.66. The van der Waals surface area contributed by atoms with Crippen LogP contribution in [0.2, 0.25) is 0 Å². The summed E-state index contributed by atoms with van der Waals surface area (Å²) in [6.45, 7) is 0. The average Bonchev–Trinajstić information content (AvgIpc) is 2.69. The van der Waals surface area contributed by atoms with Gasteiger partial charge in [-0.15, -0.1) is 0 Å². The fourth-order valence-corrected chi connectivity index (χ4v) is 8.82. The maximum atomic E-state index is 13.6. The number of fused-ring (bicyclic) bond motifs is 1. The van der Waals surface area contributed by atoms with Crippen LogP contribution in [0.5, 0.6) is 0 Å². The third-order valence-electron chi connectivity index (χ3n) is 4.24. The van der Waals surface area contributed by atoms with Crippen LogP contribution in [0.25, 0.3) is 10.8 Å². The van der Waals surface area contributed by atoms with Gasteiger partial charge >= 0.3 is 0 Å². The lowest BCUT2D eigenvalue weighted by molar-refractivity contribution is 0.610. The van der Waals surface area contributed by atoms with E-state index < -0.39 is 16.6 Å². The summed E-state index contributed by atoms with van der Waals surface area (Å²) in [7, 11) is -5.09. The Labute approximate surface area is 154 Å². The second-order valence-electron chi connectivity index (χ2n) is 5.95. The summed E-state index contributed by atoms with van der Waals surface area (Å²) >= 11 is 0. The highest BCUT2D eigenvalue weighted by Crippen LogP contribution is 2.45. The van der Waals surface area contributed by atoms with Crippen molar-refractivity contribution in [2.24, 2.45) is 0 Å². The summed E-state index contributed by atoms with van der Waals surface area (Å²) in [5.74, 6) is 0. The van der Waals surface area contributed by atoms with E-state index in [1.165, 1.54) is 0 Å². The van der Waals surface area contributed by atoms with Crippen molar-refractivity contribution in [3.8, 4) is 0 Å². The van der Waals surface area contributed by atoms with Crippen LogP contribution >= 0.6 is 7.12 Å². The molecule has 0 aliphatic rings. The Hall–Kier alpha value is -2.48. The van der Waals surface area contributed by atoms with E-state index in [1.54, 1.807) is 12.1 Å². The molecular formula is C22H17O2PS. The summed E-state index contributed by atoms with van der Waals surface area (Å²) in [5.41, 5.74) is 0. The van der Waals surface area contributed by atoms with E-state index in [0.29, 0.717) is 4.90 Å². The van der Waals surface area contributed by atoms with Gasteiger partial charge in [0.15, 0.2) is 0 Å². The molecule has 0 aliphatic heterocycles. The van der Waals surface area contributed by atoms with Gasteiger partial charge < -0.3 is 0 Å². The summed E-state index contributed by atoms with van der Waals surface area (Å²) in [6.07, 6.45) is 0. The Kier molecular flexibility index (Phi) is 4.58. The lowest BCUT2D eigenvalue weighted by Gasteiger charge is -2.19. The molecule has 4 aromatic carbocycles. The van der Waals surface area contributed by atoms with Crippen LogP contribution in [-0.2, 0) is 9.46 Å². The first-order valence-electron chi connectivity index (χ1n) is 8.30. The molecule has 0 saturated carbocycles. The molecule has 4 heteroatoms. The van der Waals surface area contributed by atoms with Crippen LogP contribution in [0.1, 0.15) is 0 Å². The highest BCUT2D eigenvalue weighted by molar-refractivity contribution is 8.54. The Morgan fingerprint density at radius 2 is 1.04 bits per heavy atom. The van der Waals surface area contributed by atoms with Gasteiger partial charge in [0, 0.05) is 0 Å². The van der Waals surface area contributed by atoms with E-state index in [9.17, 15) is 8.42 Å². The molecule has 0 saturated heterocycles. The van der Waals surface area contributed by atoms with Gasteiger partial charge in [0.2, 0.25) is 9.46 Å². The van der Waals surface area contributed by atoms with Crippen molar-refractivity contribution in [2.45, 2.75) is 4.90 Å². The maximum Gasteiger partial charge on any atom is 0.203 e. The van der Waals surface area contributed by atoms with Crippen molar-refractivity contribution in [1.29, 1.82) is 0 Å².